The number of aromatic nitrogens is 2. The van der Waals surface area contributed by atoms with Crippen LogP contribution in [-0.4, -0.2) is 47.0 Å². The van der Waals surface area contributed by atoms with E-state index in [1.807, 2.05) is 13.1 Å². The maximum atomic E-state index is 13.0. The Hall–Kier alpha value is -3.77. The second-order valence-corrected chi connectivity index (χ2v) is 10.2. The van der Waals surface area contributed by atoms with Crippen LogP contribution in [0.3, 0.4) is 0 Å². The average Bonchev–Trinajstić information content (AvgIpc) is 3.38. The number of aryl methyl sites for hydroxylation is 1. The third-order valence-corrected chi connectivity index (χ3v) is 7.41. The van der Waals surface area contributed by atoms with Gasteiger partial charge in [-0.25, -0.2) is 4.79 Å². The lowest BCUT2D eigenvalue weighted by molar-refractivity contribution is 0.0600. The van der Waals surface area contributed by atoms with Crippen LogP contribution in [0.2, 0.25) is 0 Å². The van der Waals surface area contributed by atoms with Gasteiger partial charge in [-0.2, -0.15) is 5.10 Å². The molecule has 37 heavy (non-hydrogen) atoms. The molecule has 2 heterocycles. The molecule has 1 aliphatic heterocycles. The third kappa shape index (κ3) is 5.97. The second kappa shape index (κ2) is 11.1. The van der Waals surface area contributed by atoms with Crippen molar-refractivity contribution in [2.75, 3.05) is 20.2 Å². The number of Topliss-reactive ketones (excluding diaryl/α,β-unsaturated/α-hetero) is 1. The molecule has 1 unspecified atom stereocenters. The first-order valence-electron chi connectivity index (χ1n) is 12.9. The van der Waals surface area contributed by atoms with Crippen LogP contribution in [0.15, 0.2) is 66.9 Å². The van der Waals surface area contributed by atoms with E-state index in [-0.39, 0.29) is 5.78 Å². The number of rotatable bonds is 8. The average molecular weight is 496 g/mol. The lowest BCUT2D eigenvalue weighted by Gasteiger charge is -2.33. The number of carbonyl (C=O) groups excluding carboxylic acids is 2. The molecule has 0 amide bonds. The highest BCUT2D eigenvalue weighted by Gasteiger charge is 2.21. The molecule has 5 rings (SSSR count). The van der Waals surface area contributed by atoms with Gasteiger partial charge in [0, 0.05) is 30.5 Å². The number of carbonyl (C=O) groups is 2. The molecule has 190 valence electrons. The highest BCUT2D eigenvalue weighted by molar-refractivity contribution is 6.00. The summed E-state index contributed by atoms with van der Waals surface area (Å²) in [6.07, 6.45) is 5.73. The number of aromatic amines is 1. The van der Waals surface area contributed by atoms with Crippen molar-refractivity contribution in [1.29, 1.82) is 0 Å². The maximum Gasteiger partial charge on any atom is 0.337 e. The predicted molar refractivity (Wildman–Crippen MR) is 145 cm³/mol. The molecule has 1 saturated heterocycles. The summed E-state index contributed by atoms with van der Waals surface area (Å²) in [6, 6.07) is 19.8. The van der Waals surface area contributed by atoms with Crippen LogP contribution in [0.5, 0.6) is 0 Å². The van der Waals surface area contributed by atoms with Crippen LogP contribution in [0, 0.1) is 12.8 Å². The monoisotopic (exact) mass is 495 g/mol. The molecule has 6 heteroatoms. The number of fused-ring (bicyclic) bond motifs is 1. The Balaban J connectivity index is 1.23. The first kappa shape index (κ1) is 24.9. The molecule has 3 aromatic carbocycles. The van der Waals surface area contributed by atoms with Crippen LogP contribution in [0.1, 0.15) is 55.8 Å². The maximum absolute atomic E-state index is 13.0. The van der Waals surface area contributed by atoms with Gasteiger partial charge in [-0.3, -0.25) is 14.8 Å². The van der Waals surface area contributed by atoms with Crippen molar-refractivity contribution in [2.45, 2.75) is 39.2 Å². The van der Waals surface area contributed by atoms with Crippen LogP contribution < -0.4 is 0 Å². The number of nitrogens with zero attached hydrogens (tertiary/aromatic N) is 2. The van der Waals surface area contributed by atoms with Crippen molar-refractivity contribution in [1.82, 2.24) is 15.1 Å². The van der Waals surface area contributed by atoms with Gasteiger partial charge in [0.15, 0.2) is 5.78 Å². The van der Waals surface area contributed by atoms with Crippen molar-refractivity contribution in [3.63, 3.8) is 0 Å². The number of H-pyrrole nitrogens is 1. The molecule has 0 saturated carbocycles. The Kier molecular flexibility index (Phi) is 7.47. The van der Waals surface area contributed by atoms with Crippen LogP contribution >= 0.6 is 0 Å². The molecule has 0 bridgehead atoms. The number of nitrogens with one attached hydrogen (secondary N) is 1. The largest absolute Gasteiger partial charge is 0.465 e. The number of hydrogen-bond donors (Lipinski definition) is 1. The number of hydrogen-bond acceptors (Lipinski definition) is 5. The summed E-state index contributed by atoms with van der Waals surface area (Å²) in [4.78, 5) is 27.4. The van der Waals surface area contributed by atoms with E-state index in [1.165, 1.54) is 36.5 Å². The number of ether oxygens (including phenoxy) is 1. The third-order valence-electron chi connectivity index (χ3n) is 7.41. The Bertz CT molecular complexity index is 1420. The summed E-state index contributed by atoms with van der Waals surface area (Å²) in [5.41, 5.74) is 6.74. The lowest BCUT2D eigenvalue weighted by Crippen LogP contribution is -2.35. The van der Waals surface area contributed by atoms with E-state index in [2.05, 4.69) is 51.5 Å². The summed E-state index contributed by atoms with van der Waals surface area (Å²) < 4.78 is 4.79. The molecule has 1 aliphatic rings. The smallest absolute Gasteiger partial charge is 0.337 e. The minimum Gasteiger partial charge on any atom is -0.465 e. The number of methoxy groups -OCH3 is 1. The van der Waals surface area contributed by atoms with E-state index in [4.69, 9.17) is 4.74 Å². The zero-order valence-corrected chi connectivity index (χ0v) is 21.5. The van der Waals surface area contributed by atoms with Crippen molar-refractivity contribution in [3.05, 3.63) is 100 Å². The molecule has 4 aromatic rings. The van der Waals surface area contributed by atoms with Crippen molar-refractivity contribution in [2.24, 2.45) is 5.92 Å². The van der Waals surface area contributed by atoms with Crippen molar-refractivity contribution >= 4 is 22.7 Å². The molecule has 0 spiro atoms. The van der Waals surface area contributed by atoms with Gasteiger partial charge < -0.3 is 4.74 Å². The fourth-order valence-electron chi connectivity index (χ4n) is 5.40. The van der Waals surface area contributed by atoms with Gasteiger partial charge >= 0.3 is 5.97 Å². The van der Waals surface area contributed by atoms with E-state index in [0.717, 1.165) is 42.7 Å². The zero-order valence-electron chi connectivity index (χ0n) is 21.5. The minimum absolute atomic E-state index is 0.00127. The molecule has 1 N–H and O–H groups in total. The topological polar surface area (TPSA) is 75.3 Å². The SMILES string of the molecule is COC(=O)c1cccc(C(=O)Cc2cc(CN3CCCC(Cc4ccc5[nH]ncc5c4)C3)ccc2C)c1. The van der Waals surface area contributed by atoms with Gasteiger partial charge in [0.1, 0.15) is 0 Å². The number of esters is 1. The van der Waals surface area contributed by atoms with E-state index in [0.29, 0.717) is 23.5 Å². The number of ketones is 1. The molecule has 6 nitrogen and oxygen atoms in total. The van der Waals surface area contributed by atoms with E-state index < -0.39 is 5.97 Å². The molecule has 1 atom stereocenters. The van der Waals surface area contributed by atoms with Gasteiger partial charge in [0.25, 0.3) is 0 Å². The van der Waals surface area contributed by atoms with E-state index >= 15 is 0 Å². The summed E-state index contributed by atoms with van der Waals surface area (Å²) in [5.74, 6) is 0.194. The van der Waals surface area contributed by atoms with Gasteiger partial charge in [-0.15, -0.1) is 0 Å². The number of benzene rings is 3. The summed E-state index contributed by atoms with van der Waals surface area (Å²) in [5, 5.41) is 8.33. The molecule has 1 aromatic heterocycles. The van der Waals surface area contributed by atoms with Gasteiger partial charge in [0.05, 0.1) is 24.4 Å². The molecular formula is C31H33N3O3. The Morgan fingerprint density at radius 2 is 1.89 bits per heavy atom. The van der Waals surface area contributed by atoms with Gasteiger partial charge in [-0.1, -0.05) is 36.4 Å². The van der Waals surface area contributed by atoms with Gasteiger partial charge in [-0.05, 0) is 85.2 Å². The highest BCUT2D eigenvalue weighted by Crippen LogP contribution is 2.25. The second-order valence-electron chi connectivity index (χ2n) is 10.2. The quantitative estimate of drug-likeness (QED) is 0.257. The zero-order chi connectivity index (χ0) is 25.8. The molecular weight excluding hydrogens is 462 g/mol. The predicted octanol–water partition coefficient (Wildman–Crippen LogP) is 5.54. The molecule has 1 fully saturated rings. The highest BCUT2D eigenvalue weighted by atomic mass is 16.5. The Morgan fingerprint density at radius 3 is 2.76 bits per heavy atom. The standard InChI is InChI=1S/C31H33N3O3/c1-21-8-9-24(15-27(21)17-30(35)25-6-3-7-26(16-25)31(36)37-2)20-34-12-4-5-23(19-34)13-22-10-11-29-28(14-22)18-32-33-29/h3,6-11,14-16,18,23H,4-5,12-13,17,19-20H2,1-2H3,(H,32,33). The summed E-state index contributed by atoms with van der Waals surface area (Å²) in [7, 11) is 1.34. The van der Waals surface area contributed by atoms with E-state index in [1.54, 1.807) is 24.3 Å². The van der Waals surface area contributed by atoms with Crippen LogP contribution in [0.4, 0.5) is 0 Å². The normalized spacial score (nSPS) is 16.1. The molecule has 0 aliphatic carbocycles. The fourth-order valence-corrected chi connectivity index (χ4v) is 5.40. The fraction of sp³-hybridized carbons (Fsp3) is 0.323. The number of likely N-dealkylation sites (tertiary alicyclic amines) is 1. The first-order valence-corrected chi connectivity index (χ1v) is 12.9. The summed E-state index contributed by atoms with van der Waals surface area (Å²) in [6.45, 7) is 5.10. The number of piperidine rings is 1. The minimum atomic E-state index is -0.435. The van der Waals surface area contributed by atoms with Crippen LogP contribution in [-0.2, 0) is 24.1 Å². The molecule has 0 radical (unpaired) electrons. The van der Waals surface area contributed by atoms with Gasteiger partial charge in [0.2, 0.25) is 0 Å². The van der Waals surface area contributed by atoms with Crippen molar-refractivity contribution in [3.8, 4) is 0 Å². The van der Waals surface area contributed by atoms with Crippen molar-refractivity contribution < 1.29 is 14.3 Å². The Morgan fingerprint density at radius 1 is 1.05 bits per heavy atom. The van der Waals surface area contributed by atoms with E-state index in [9.17, 15) is 9.59 Å². The first-order chi connectivity index (χ1) is 18.0. The van der Waals surface area contributed by atoms with Crippen LogP contribution in [0.25, 0.3) is 10.9 Å². The lowest BCUT2D eigenvalue weighted by atomic mass is 9.90. The Labute approximate surface area is 217 Å². The summed E-state index contributed by atoms with van der Waals surface area (Å²) >= 11 is 0.